The molecule has 0 N–H and O–H groups in total. The Balaban J connectivity index is 1.40. The first kappa shape index (κ1) is 17.7. The molecule has 2 saturated heterocycles. The van der Waals surface area contributed by atoms with E-state index in [-0.39, 0.29) is 5.41 Å². The Kier molecular flexibility index (Phi) is 5.38. The fraction of sp³-hybridized carbons (Fsp3) is 0.571. The van der Waals surface area contributed by atoms with E-state index in [2.05, 4.69) is 22.0 Å². The molecule has 140 valence electrons. The van der Waals surface area contributed by atoms with Crippen LogP contribution in [-0.2, 0) is 22.6 Å². The third-order valence-corrected chi connectivity index (χ3v) is 5.62. The Bertz CT molecular complexity index is 702. The maximum absolute atomic E-state index is 6.15. The lowest BCUT2D eigenvalue weighted by molar-refractivity contribution is -0.156. The summed E-state index contributed by atoms with van der Waals surface area (Å²) in [6.45, 7) is 7.15. The second-order valence-corrected chi connectivity index (χ2v) is 7.69. The van der Waals surface area contributed by atoms with Gasteiger partial charge in [-0.3, -0.25) is 9.88 Å². The van der Waals surface area contributed by atoms with Crippen molar-refractivity contribution in [3.8, 4) is 0 Å². The van der Waals surface area contributed by atoms with Crippen molar-refractivity contribution in [3.05, 3.63) is 53.7 Å². The van der Waals surface area contributed by atoms with Crippen molar-refractivity contribution in [2.75, 3.05) is 26.3 Å². The first-order valence-electron chi connectivity index (χ1n) is 9.59. The van der Waals surface area contributed by atoms with Crippen LogP contribution in [0.5, 0.6) is 0 Å². The van der Waals surface area contributed by atoms with Gasteiger partial charge in [-0.05, 0) is 49.9 Å². The molecule has 2 aromatic heterocycles. The van der Waals surface area contributed by atoms with Gasteiger partial charge >= 0.3 is 0 Å². The Morgan fingerprint density at radius 1 is 1.35 bits per heavy atom. The molecule has 0 spiro atoms. The average molecular weight is 356 g/mol. The monoisotopic (exact) mass is 356 g/mol. The molecule has 2 aliphatic heterocycles. The van der Waals surface area contributed by atoms with Crippen molar-refractivity contribution < 1.29 is 13.9 Å². The van der Waals surface area contributed by atoms with E-state index in [0.29, 0.717) is 12.7 Å². The van der Waals surface area contributed by atoms with Crippen LogP contribution in [-0.4, -0.2) is 42.3 Å². The van der Waals surface area contributed by atoms with Gasteiger partial charge in [0.2, 0.25) is 0 Å². The number of hydrogen-bond acceptors (Lipinski definition) is 5. The third-order valence-electron chi connectivity index (χ3n) is 5.62. The Labute approximate surface area is 155 Å². The molecular formula is C21H28N2O3. The molecule has 0 aromatic carbocycles. The number of aryl methyl sites for hydroxylation is 1. The predicted octanol–water partition coefficient (Wildman–Crippen LogP) is 3.57. The number of ether oxygens (including phenoxy) is 2. The number of nitrogens with zero attached hydrogens (tertiary/aromatic N) is 2. The molecule has 0 radical (unpaired) electrons. The fourth-order valence-corrected chi connectivity index (χ4v) is 4.37. The van der Waals surface area contributed by atoms with Gasteiger partial charge in [-0.25, -0.2) is 0 Å². The van der Waals surface area contributed by atoms with E-state index in [0.717, 1.165) is 62.8 Å². The topological polar surface area (TPSA) is 47.7 Å². The zero-order valence-electron chi connectivity index (χ0n) is 15.5. The van der Waals surface area contributed by atoms with Crippen molar-refractivity contribution in [2.45, 2.75) is 45.4 Å². The van der Waals surface area contributed by atoms with E-state index in [1.54, 1.807) is 6.20 Å². The minimum absolute atomic E-state index is 0.0837. The zero-order valence-corrected chi connectivity index (χ0v) is 15.5. The SMILES string of the molecule is Cc1ccc(CN2CC[C@@H]3OCCC[C@@]3(COCc3cccnc3)C2)o1. The predicted molar refractivity (Wildman–Crippen MR) is 98.6 cm³/mol. The fourth-order valence-electron chi connectivity index (χ4n) is 4.37. The summed E-state index contributed by atoms with van der Waals surface area (Å²) < 4.78 is 18.1. The summed E-state index contributed by atoms with van der Waals surface area (Å²) in [5.74, 6) is 2.02. The lowest BCUT2D eigenvalue weighted by atomic mass is 9.73. The van der Waals surface area contributed by atoms with Gasteiger partial charge in [0.05, 0.1) is 25.9 Å². The summed E-state index contributed by atoms with van der Waals surface area (Å²) in [6, 6.07) is 8.14. The largest absolute Gasteiger partial charge is 0.465 e. The summed E-state index contributed by atoms with van der Waals surface area (Å²) in [4.78, 5) is 6.66. The molecule has 0 unspecified atom stereocenters. The Morgan fingerprint density at radius 2 is 2.31 bits per heavy atom. The average Bonchev–Trinajstić information content (AvgIpc) is 3.07. The second kappa shape index (κ2) is 7.91. The number of hydrogen-bond donors (Lipinski definition) is 0. The van der Waals surface area contributed by atoms with Crippen LogP contribution < -0.4 is 0 Å². The van der Waals surface area contributed by atoms with Crippen LogP contribution in [0.25, 0.3) is 0 Å². The first-order chi connectivity index (χ1) is 12.7. The Morgan fingerprint density at radius 3 is 3.12 bits per heavy atom. The molecule has 0 amide bonds. The molecule has 4 rings (SSSR count). The van der Waals surface area contributed by atoms with E-state index in [4.69, 9.17) is 13.9 Å². The van der Waals surface area contributed by atoms with E-state index in [1.165, 1.54) is 6.42 Å². The summed E-state index contributed by atoms with van der Waals surface area (Å²) in [6.07, 6.45) is 7.32. The summed E-state index contributed by atoms with van der Waals surface area (Å²) >= 11 is 0. The van der Waals surface area contributed by atoms with Crippen LogP contribution in [0.4, 0.5) is 0 Å². The number of fused-ring (bicyclic) bond motifs is 1. The van der Waals surface area contributed by atoms with Crippen LogP contribution >= 0.6 is 0 Å². The summed E-state index contributed by atoms with van der Waals surface area (Å²) in [7, 11) is 0. The molecule has 0 saturated carbocycles. The summed E-state index contributed by atoms with van der Waals surface area (Å²) in [5.41, 5.74) is 1.20. The highest BCUT2D eigenvalue weighted by atomic mass is 16.5. The number of likely N-dealkylation sites (tertiary alicyclic amines) is 1. The number of furan rings is 1. The minimum Gasteiger partial charge on any atom is -0.465 e. The van der Waals surface area contributed by atoms with Crippen molar-refractivity contribution in [1.29, 1.82) is 0 Å². The molecule has 0 bridgehead atoms. The molecule has 2 atom stereocenters. The summed E-state index contributed by atoms with van der Waals surface area (Å²) in [5, 5.41) is 0. The lowest BCUT2D eigenvalue weighted by Crippen LogP contribution is -2.56. The van der Waals surface area contributed by atoms with Crippen molar-refractivity contribution >= 4 is 0 Å². The molecule has 5 heteroatoms. The van der Waals surface area contributed by atoms with Crippen LogP contribution in [0.3, 0.4) is 0 Å². The standard InChI is InChI=1S/C21H28N2O3/c1-17-5-6-19(26-17)13-23-10-7-20-21(15-23,8-3-11-25-20)16-24-14-18-4-2-9-22-12-18/h2,4-6,9,12,20H,3,7-8,10-11,13-16H2,1H3/t20-,21-/m0/s1. The van der Waals surface area contributed by atoms with Crippen LogP contribution in [0, 0.1) is 12.3 Å². The maximum Gasteiger partial charge on any atom is 0.118 e. The highest BCUT2D eigenvalue weighted by Gasteiger charge is 2.46. The van der Waals surface area contributed by atoms with Crippen molar-refractivity contribution in [2.24, 2.45) is 5.41 Å². The molecular weight excluding hydrogens is 328 g/mol. The van der Waals surface area contributed by atoms with E-state index >= 15 is 0 Å². The number of aromatic nitrogens is 1. The van der Waals surface area contributed by atoms with Gasteiger partial charge in [-0.15, -0.1) is 0 Å². The van der Waals surface area contributed by atoms with Crippen LogP contribution in [0.15, 0.2) is 41.1 Å². The van der Waals surface area contributed by atoms with Gasteiger partial charge in [0.1, 0.15) is 11.5 Å². The van der Waals surface area contributed by atoms with Crippen LogP contribution in [0.2, 0.25) is 0 Å². The van der Waals surface area contributed by atoms with E-state index in [9.17, 15) is 0 Å². The molecule has 2 aliphatic rings. The van der Waals surface area contributed by atoms with Gasteiger partial charge in [0.15, 0.2) is 0 Å². The quantitative estimate of drug-likeness (QED) is 0.792. The Hall–Kier alpha value is -1.69. The second-order valence-electron chi connectivity index (χ2n) is 7.69. The molecule has 0 aliphatic carbocycles. The van der Waals surface area contributed by atoms with Crippen molar-refractivity contribution in [3.63, 3.8) is 0 Å². The highest BCUT2D eigenvalue weighted by Crippen LogP contribution is 2.41. The van der Waals surface area contributed by atoms with Gasteiger partial charge in [-0.2, -0.15) is 0 Å². The highest BCUT2D eigenvalue weighted by molar-refractivity contribution is 5.08. The molecule has 26 heavy (non-hydrogen) atoms. The zero-order chi connectivity index (χ0) is 17.8. The molecule has 2 fully saturated rings. The first-order valence-corrected chi connectivity index (χ1v) is 9.59. The molecule has 4 heterocycles. The number of pyridine rings is 1. The number of piperidine rings is 1. The molecule has 2 aromatic rings. The van der Waals surface area contributed by atoms with Gasteiger partial charge in [-0.1, -0.05) is 6.07 Å². The smallest absolute Gasteiger partial charge is 0.118 e. The van der Waals surface area contributed by atoms with Gasteiger partial charge < -0.3 is 13.9 Å². The maximum atomic E-state index is 6.15. The van der Waals surface area contributed by atoms with E-state index in [1.807, 2.05) is 25.3 Å². The van der Waals surface area contributed by atoms with Gasteiger partial charge in [0.25, 0.3) is 0 Å². The van der Waals surface area contributed by atoms with E-state index < -0.39 is 0 Å². The minimum atomic E-state index is 0.0837. The third kappa shape index (κ3) is 4.00. The van der Waals surface area contributed by atoms with Gasteiger partial charge in [0, 0.05) is 37.5 Å². The van der Waals surface area contributed by atoms with Crippen molar-refractivity contribution in [1.82, 2.24) is 9.88 Å². The lowest BCUT2D eigenvalue weighted by Gasteiger charge is -2.50. The molecule has 5 nitrogen and oxygen atoms in total. The number of rotatable bonds is 6. The van der Waals surface area contributed by atoms with Crippen LogP contribution in [0.1, 0.15) is 36.3 Å². The normalized spacial score (nSPS) is 26.6.